The summed E-state index contributed by atoms with van der Waals surface area (Å²) in [5.74, 6) is 0.951. The molecule has 1 aliphatic rings. The molecule has 2 rings (SSSR count). The zero-order valence-corrected chi connectivity index (χ0v) is 12.1. The van der Waals surface area contributed by atoms with Crippen LogP contribution >= 0.6 is 11.8 Å². The molecule has 0 bridgehead atoms. The van der Waals surface area contributed by atoms with Crippen LogP contribution in [0.5, 0.6) is 0 Å². The van der Waals surface area contributed by atoms with Gasteiger partial charge in [-0.2, -0.15) is 0 Å². The van der Waals surface area contributed by atoms with E-state index in [-0.39, 0.29) is 5.78 Å². The van der Waals surface area contributed by atoms with E-state index in [1.54, 1.807) is 44.7 Å². The minimum absolute atomic E-state index is 0.126. The molecule has 0 spiro atoms. The largest absolute Gasteiger partial charge is 0.444 e. The number of amides is 1. The normalized spacial score (nSPS) is 14.8. The van der Waals surface area contributed by atoms with Crippen LogP contribution in [0.15, 0.2) is 23.1 Å². The summed E-state index contributed by atoms with van der Waals surface area (Å²) in [5, 5.41) is 2.65. The van der Waals surface area contributed by atoms with Crippen LogP contribution in [0.2, 0.25) is 0 Å². The lowest BCUT2D eigenvalue weighted by atomic mass is 10.1. The first-order valence-electron chi connectivity index (χ1n) is 6.15. The van der Waals surface area contributed by atoms with Crippen molar-refractivity contribution >= 4 is 29.3 Å². The van der Waals surface area contributed by atoms with Crippen LogP contribution in [0.25, 0.3) is 0 Å². The number of benzene rings is 1. The van der Waals surface area contributed by atoms with Gasteiger partial charge in [-0.05, 0) is 39.0 Å². The molecule has 4 nitrogen and oxygen atoms in total. The highest BCUT2D eigenvalue weighted by Crippen LogP contribution is 2.31. The summed E-state index contributed by atoms with van der Waals surface area (Å²) in [4.78, 5) is 24.4. The summed E-state index contributed by atoms with van der Waals surface area (Å²) in [7, 11) is 0. The number of nitrogens with one attached hydrogen (secondary N) is 1. The average molecular weight is 279 g/mol. The molecule has 1 amide bonds. The molecule has 1 heterocycles. The van der Waals surface area contributed by atoms with Crippen molar-refractivity contribution in [1.82, 2.24) is 0 Å². The standard InChI is InChI=1S/C14H17NO3S/c1-14(2,3)18-13(17)15-9-4-5-12-10(8-9)11(16)6-7-19-12/h4-5,8H,6-7H2,1-3H3,(H,15,17). The molecule has 0 aromatic heterocycles. The molecular formula is C14H17NO3S. The Morgan fingerprint density at radius 3 is 2.79 bits per heavy atom. The van der Waals surface area contributed by atoms with E-state index in [2.05, 4.69) is 5.32 Å². The van der Waals surface area contributed by atoms with E-state index in [0.29, 0.717) is 17.7 Å². The number of carbonyl (C=O) groups is 2. The highest BCUT2D eigenvalue weighted by atomic mass is 32.2. The average Bonchev–Trinajstić information content (AvgIpc) is 2.27. The molecule has 5 heteroatoms. The first kappa shape index (κ1) is 13.9. The Bertz CT molecular complexity index is 520. The van der Waals surface area contributed by atoms with Crippen LogP contribution in [0.4, 0.5) is 10.5 Å². The highest BCUT2D eigenvalue weighted by Gasteiger charge is 2.20. The Labute approximate surface area is 116 Å². The number of thioether (sulfide) groups is 1. The van der Waals surface area contributed by atoms with Crippen LogP contribution in [-0.2, 0) is 4.74 Å². The number of rotatable bonds is 1. The maximum atomic E-state index is 11.8. The maximum Gasteiger partial charge on any atom is 0.412 e. The minimum atomic E-state index is -0.538. The quantitative estimate of drug-likeness (QED) is 0.851. The number of hydrogen-bond donors (Lipinski definition) is 1. The number of Topliss-reactive ketones (excluding diaryl/α,β-unsaturated/α-hetero) is 1. The van der Waals surface area contributed by atoms with Crippen molar-refractivity contribution in [3.05, 3.63) is 23.8 Å². The minimum Gasteiger partial charge on any atom is -0.444 e. The van der Waals surface area contributed by atoms with Crippen LogP contribution < -0.4 is 5.32 Å². The molecule has 0 atom stereocenters. The highest BCUT2D eigenvalue weighted by molar-refractivity contribution is 7.99. The Hall–Kier alpha value is -1.49. The summed E-state index contributed by atoms with van der Waals surface area (Å²) < 4.78 is 5.17. The molecular weight excluding hydrogens is 262 g/mol. The second-order valence-corrected chi connectivity index (χ2v) is 6.50. The van der Waals surface area contributed by atoms with Crippen molar-refractivity contribution in [3.63, 3.8) is 0 Å². The van der Waals surface area contributed by atoms with E-state index in [9.17, 15) is 9.59 Å². The topological polar surface area (TPSA) is 55.4 Å². The summed E-state index contributed by atoms with van der Waals surface area (Å²) in [6.45, 7) is 5.42. The number of anilines is 1. The van der Waals surface area contributed by atoms with Gasteiger partial charge in [0.25, 0.3) is 0 Å². The SMILES string of the molecule is CC(C)(C)OC(=O)Nc1ccc2c(c1)C(=O)CCS2. The predicted molar refractivity (Wildman–Crippen MR) is 76.0 cm³/mol. The van der Waals surface area contributed by atoms with Crippen LogP contribution in [-0.4, -0.2) is 23.2 Å². The van der Waals surface area contributed by atoms with Gasteiger partial charge in [-0.3, -0.25) is 10.1 Å². The third kappa shape index (κ3) is 3.73. The van der Waals surface area contributed by atoms with E-state index in [1.165, 1.54) is 0 Å². The van der Waals surface area contributed by atoms with Gasteiger partial charge in [0.1, 0.15) is 5.60 Å². The molecule has 1 aromatic carbocycles. The van der Waals surface area contributed by atoms with Crippen molar-refractivity contribution < 1.29 is 14.3 Å². The van der Waals surface area contributed by atoms with Crippen molar-refractivity contribution in [1.29, 1.82) is 0 Å². The van der Waals surface area contributed by atoms with Gasteiger partial charge in [0.2, 0.25) is 0 Å². The first-order valence-corrected chi connectivity index (χ1v) is 7.14. The molecule has 19 heavy (non-hydrogen) atoms. The fourth-order valence-corrected chi connectivity index (χ4v) is 2.76. The third-order valence-electron chi connectivity index (χ3n) is 2.51. The third-order valence-corrected chi connectivity index (χ3v) is 3.59. The molecule has 0 saturated heterocycles. The summed E-state index contributed by atoms with van der Waals surface area (Å²) in [6, 6.07) is 5.37. The predicted octanol–water partition coefficient (Wildman–Crippen LogP) is 3.71. The second kappa shape index (κ2) is 5.25. The van der Waals surface area contributed by atoms with Gasteiger partial charge in [0.15, 0.2) is 5.78 Å². The first-order chi connectivity index (χ1) is 8.85. The van der Waals surface area contributed by atoms with Crippen molar-refractivity contribution in [2.45, 2.75) is 37.7 Å². The Kier molecular flexibility index (Phi) is 3.85. The van der Waals surface area contributed by atoms with Crippen molar-refractivity contribution in [3.8, 4) is 0 Å². The van der Waals surface area contributed by atoms with E-state index in [0.717, 1.165) is 10.6 Å². The number of hydrogen-bond acceptors (Lipinski definition) is 4. The maximum absolute atomic E-state index is 11.8. The van der Waals surface area contributed by atoms with Gasteiger partial charge in [-0.1, -0.05) is 0 Å². The molecule has 102 valence electrons. The molecule has 0 unspecified atom stereocenters. The lowest BCUT2D eigenvalue weighted by molar-refractivity contribution is 0.0635. The van der Waals surface area contributed by atoms with Gasteiger partial charge in [-0.15, -0.1) is 11.8 Å². The molecule has 1 N–H and O–H groups in total. The lowest BCUT2D eigenvalue weighted by Gasteiger charge is -2.20. The fourth-order valence-electron chi connectivity index (χ4n) is 1.76. The molecule has 0 radical (unpaired) electrons. The summed E-state index contributed by atoms with van der Waals surface area (Å²) in [6.07, 6.45) is 0.0384. The summed E-state index contributed by atoms with van der Waals surface area (Å²) >= 11 is 1.67. The zero-order chi connectivity index (χ0) is 14.0. The molecule has 1 aromatic rings. The van der Waals surface area contributed by atoms with Gasteiger partial charge >= 0.3 is 6.09 Å². The van der Waals surface area contributed by atoms with Crippen molar-refractivity contribution in [2.24, 2.45) is 0 Å². The van der Waals surface area contributed by atoms with Gasteiger partial charge in [0.05, 0.1) is 0 Å². The smallest absolute Gasteiger partial charge is 0.412 e. The number of carbonyl (C=O) groups excluding carboxylic acids is 2. The van der Waals surface area contributed by atoms with Crippen LogP contribution in [0, 0.1) is 0 Å². The van der Waals surface area contributed by atoms with Gasteiger partial charge in [0, 0.05) is 28.3 Å². The Morgan fingerprint density at radius 1 is 1.37 bits per heavy atom. The van der Waals surface area contributed by atoms with Crippen molar-refractivity contribution in [2.75, 3.05) is 11.1 Å². The Morgan fingerprint density at radius 2 is 2.11 bits per heavy atom. The van der Waals surface area contributed by atoms with Crippen LogP contribution in [0.3, 0.4) is 0 Å². The molecule has 0 saturated carbocycles. The van der Waals surface area contributed by atoms with E-state index < -0.39 is 11.7 Å². The van der Waals surface area contributed by atoms with E-state index in [1.807, 2.05) is 6.07 Å². The monoisotopic (exact) mass is 279 g/mol. The fraction of sp³-hybridized carbons (Fsp3) is 0.429. The molecule has 1 aliphatic heterocycles. The molecule has 0 fully saturated rings. The molecule has 0 aliphatic carbocycles. The zero-order valence-electron chi connectivity index (χ0n) is 11.3. The van der Waals surface area contributed by atoms with Gasteiger partial charge < -0.3 is 4.74 Å². The van der Waals surface area contributed by atoms with Crippen LogP contribution in [0.1, 0.15) is 37.6 Å². The van der Waals surface area contributed by atoms with Gasteiger partial charge in [-0.25, -0.2) is 4.79 Å². The number of fused-ring (bicyclic) bond motifs is 1. The second-order valence-electron chi connectivity index (χ2n) is 5.36. The number of ether oxygens (including phenoxy) is 1. The number of ketones is 1. The van der Waals surface area contributed by atoms with E-state index >= 15 is 0 Å². The van der Waals surface area contributed by atoms with E-state index in [4.69, 9.17) is 4.74 Å². The lowest BCUT2D eigenvalue weighted by Crippen LogP contribution is -2.27. The Balaban J connectivity index is 2.12. The summed E-state index contributed by atoms with van der Waals surface area (Å²) in [5.41, 5.74) is 0.734.